The number of carbonyl (C=O) groups excluding carboxylic acids is 1. The molecule has 0 bridgehead atoms. The molecule has 1 amide bonds. The first-order chi connectivity index (χ1) is 14.1. The quantitative estimate of drug-likeness (QED) is 0.569. The average Bonchev–Trinajstić information content (AvgIpc) is 2.72. The highest BCUT2D eigenvalue weighted by molar-refractivity contribution is 5.96. The van der Waals surface area contributed by atoms with E-state index >= 15 is 0 Å². The van der Waals surface area contributed by atoms with Crippen molar-refractivity contribution in [2.24, 2.45) is 11.3 Å². The van der Waals surface area contributed by atoms with Crippen molar-refractivity contribution in [1.82, 2.24) is 4.98 Å². The summed E-state index contributed by atoms with van der Waals surface area (Å²) in [7, 11) is 0. The molecule has 1 heterocycles. The molecule has 3 aromatic rings. The van der Waals surface area contributed by atoms with Gasteiger partial charge in [0.25, 0.3) is 0 Å². The Hall–Kier alpha value is -2.75. The number of amides is 1. The third-order valence-corrected chi connectivity index (χ3v) is 6.81. The number of rotatable bonds is 3. The number of aromatic nitrogens is 1. The summed E-state index contributed by atoms with van der Waals surface area (Å²) in [5, 5.41) is 3.87. The van der Waals surface area contributed by atoms with Crippen LogP contribution in [0, 0.1) is 17.2 Å². The molecule has 4 heteroatoms. The number of hydrogen-bond acceptors (Lipinski definition) is 2. The molecule has 2 fully saturated rings. The largest absolute Gasteiger partial charge is 0.326 e. The minimum atomic E-state index is -0.271. The lowest BCUT2D eigenvalue weighted by Gasteiger charge is -2.49. The van der Waals surface area contributed by atoms with E-state index < -0.39 is 0 Å². The lowest BCUT2D eigenvalue weighted by atomic mass is 9.55. The second kappa shape index (κ2) is 7.25. The van der Waals surface area contributed by atoms with Crippen LogP contribution in [-0.2, 0) is 4.79 Å². The molecular weight excluding hydrogens is 363 g/mol. The molecule has 0 aliphatic heterocycles. The number of nitrogens with one attached hydrogen (secondary N) is 1. The predicted octanol–water partition coefficient (Wildman–Crippen LogP) is 6.34. The van der Waals surface area contributed by atoms with Gasteiger partial charge in [0, 0.05) is 23.2 Å². The first-order valence-corrected chi connectivity index (χ1v) is 10.6. The molecule has 2 saturated carbocycles. The summed E-state index contributed by atoms with van der Waals surface area (Å²) >= 11 is 0. The number of hydrogen-bond donors (Lipinski definition) is 1. The zero-order valence-electron chi connectivity index (χ0n) is 16.5. The van der Waals surface area contributed by atoms with Gasteiger partial charge in [-0.05, 0) is 78.6 Å². The highest BCUT2D eigenvalue weighted by Gasteiger charge is 2.47. The van der Waals surface area contributed by atoms with Crippen LogP contribution >= 0.6 is 0 Å². The Kier molecular flexibility index (Phi) is 4.57. The summed E-state index contributed by atoms with van der Waals surface area (Å²) in [5.41, 5.74) is 3.95. The van der Waals surface area contributed by atoms with Crippen LogP contribution < -0.4 is 5.32 Å². The number of pyridine rings is 1. The molecule has 0 atom stereocenters. The lowest BCUT2D eigenvalue weighted by molar-refractivity contribution is -0.128. The Labute approximate surface area is 170 Å². The van der Waals surface area contributed by atoms with Crippen LogP contribution in [0.5, 0.6) is 0 Å². The molecule has 0 unspecified atom stereocenters. The molecular formula is C25H25FN2O. The van der Waals surface area contributed by atoms with E-state index in [1.54, 1.807) is 12.3 Å². The summed E-state index contributed by atoms with van der Waals surface area (Å²) in [4.78, 5) is 16.9. The van der Waals surface area contributed by atoms with Gasteiger partial charge in [-0.25, -0.2) is 4.39 Å². The Morgan fingerprint density at radius 2 is 1.76 bits per heavy atom. The minimum absolute atomic E-state index is 0.144. The molecule has 1 aromatic heterocycles. The van der Waals surface area contributed by atoms with E-state index in [1.165, 1.54) is 44.2 Å². The van der Waals surface area contributed by atoms with Crippen molar-refractivity contribution in [3.63, 3.8) is 0 Å². The van der Waals surface area contributed by atoms with Crippen LogP contribution in [0.15, 0.2) is 54.7 Å². The van der Waals surface area contributed by atoms with E-state index in [0.29, 0.717) is 5.41 Å². The summed E-state index contributed by atoms with van der Waals surface area (Å²) in [6, 6.07) is 14.3. The number of nitrogens with zero attached hydrogens (tertiary/aromatic N) is 1. The molecule has 5 rings (SSSR count). The van der Waals surface area contributed by atoms with E-state index in [-0.39, 0.29) is 17.6 Å². The van der Waals surface area contributed by atoms with Gasteiger partial charge in [0.05, 0.1) is 5.52 Å². The van der Waals surface area contributed by atoms with E-state index in [1.807, 2.05) is 30.3 Å². The zero-order chi connectivity index (χ0) is 19.8. The summed E-state index contributed by atoms with van der Waals surface area (Å²) in [6.45, 7) is 0. The Morgan fingerprint density at radius 1 is 1.00 bits per heavy atom. The minimum Gasteiger partial charge on any atom is -0.326 e. The van der Waals surface area contributed by atoms with Gasteiger partial charge >= 0.3 is 0 Å². The second-order valence-electron chi connectivity index (χ2n) is 8.75. The predicted molar refractivity (Wildman–Crippen MR) is 114 cm³/mol. The maximum atomic E-state index is 13.7. The lowest BCUT2D eigenvalue weighted by Crippen LogP contribution is -2.44. The maximum Gasteiger partial charge on any atom is 0.227 e. The zero-order valence-corrected chi connectivity index (χ0v) is 16.5. The number of benzene rings is 2. The number of carbonyl (C=O) groups is 1. The van der Waals surface area contributed by atoms with Gasteiger partial charge in [-0.15, -0.1) is 0 Å². The van der Waals surface area contributed by atoms with E-state index in [9.17, 15) is 9.18 Å². The summed E-state index contributed by atoms with van der Waals surface area (Å²) in [6.07, 6.45) is 10.4. The molecule has 0 saturated heterocycles. The topological polar surface area (TPSA) is 42.0 Å². The SMILES string of the molecule is O=C(Nc1ccc(-c2ccnc3ccc(F)cc23)cc1)C1CC2(CCCCC2)C1. The molecule has 1 N–H and O–H groups in total. The van der Waals surface area contributed by atoms with Gasteiger partial charge in [-0.3, -0.25) is 9.78 Å². The van der Waals surface area contributed by atoms with E-state index in [0.717, 1.165) is 40.6 Å². The van der Waals surface area contributed by atoms with Crippen LogP contribution in [0.2, 0.25) is 0 Å². The van der Waals surface area contributed by atoms with Gasteiger partial charge in [0.2, 0.25) is 5.91 Å². The normalized spacial score (nSPS) is 18.5. The van der Waals surface area contributed by atoms with Crippen LogP contribution in [0.1, 0.15) is 44.9 Å². The molecule has 1 spiro atoms. The van der Waals surface area contributed by atoms with Crippen molar-refractivity contribution >= 4 is 22.5 Å². The van der Waals surface area contributed by atoms with Crippen molar-refractivity contribution in [3.05, 3.63) is 60.5 Å². The Morgan fingerprint density at radius 3 is 2.52 bits per heavy atom. The van der Waals surface area contributed by atoms with E-state index in [2.05, 4.69) is 10.3 Å². The van der Waals surface area contributed by atoms with Crippen LogP contribution in [0.4, 0.5) is 10.1 Å². The fourth-order valence-corrected chi connectivity index (χ4v) is 5.23. The summed E-state index contributed by atoms with van der Waals surface area (Å²) < 4.78 is 13.7. The van der Waals surface area contributed by atoms with Crippen LogP contribution in [0.3, 0.4) is 0 Å². The van der Waals surface area contributed by atoms with Crippen molar-refractivity contribution in [1.29, 1.82) is 0 Å². The molecule has 29 heavy (non-hydrogen) atoms. The highest BCUT2D eigenvalue weighted by atomic mass is 19.1. The monoisotopic (exact) mass is 388 g/mol. The number of fused-ring (bicyclic) bond motifs is 1. The van der Waals surface area contributed by atoms with Crippen LogP contribution in [0.25, 0.3) is 22.0 Å². The van der Waals surface area contributed by atoms with Gasteiger partial charge in [-0.2, -0.15) is 0 Å². The smallest absolute Gasteiger partial charge is 0.227 e. The van der Waals surface area contributed by atoms with Crippen molar-refractivity contribution in [3.8, 4) is 11.1 Å². The second-order valence-corrected chi connectivity index (χ2v) is 8.75. The van der Waals surface area contributed by atoms with Crippen molar-refractivity contribution < 1.29 is 9.18 Å². The third kappa shape index (κ3) is 3.52. The Balaban J connectivity index is 1.29. The van der Waals surface area contributed by atoms with Gasteiger partial charge in [-0.1, -0.05) is 31.4 Å². The first kappa shape index (κ1) is 18.3. The first-order valence-electron chi connectivity index (χ1n) is 10.6. The fourth-order valence-electron chi connectivity index (χ4n) is 5.23. The van der Waals surface area contributed by atoms with Gasteiger partial charge in [0.15, 0.2) is 0 Å². The molecule has 0 radical (unpaired) electrons. The van der Waals surface area contributed by atoms with Gasteiger partial charge in [0.1, 0.15) is 5.82 Å². The van der Waals surface area contributed by atoms with Gasteiger partial charge < -0.3 is 5.32 Å². The molecule has 2 aliphatic rings. The van der Waals surface area contributed by atoms with E-state index in [4.69, 9.17) is 0 Å². The third-order valence-electron chi connectivity index (χ3n) is 6.81. The van der Waals surface area contributed by atoms with Crippen molar-refractivity contribution in [2.45, 2.75) is 44.9 Å². The number of halogens is 1. The maximum absolute atomic E-state index is 13.7. The van der Waals surface area contributed by atoms with Crippen LogP contribution in [-0.4, -0.2) is 10.9 Å². The molecule has 2 aliphatic carbocycles. The molecule has 148 valence electrons. The molecule has 3 nitrogen and oxygen atoms in total. The molecule has 2 aromatic carbocycles. The number of anilines is 1. The van der Waals surface area contributed by atoms with Crippen molar-refractivity contribution in [2.75, 3.05) is 5.32 Å². The average molecular weight is 388 g/mol. The fraction of sp³-hybridized carbons (Fsp3) is 0.360. The standard InChI is InChI=1S/C25H25FN2O/c26-19-6-9-23-22(14-19)21(10-13-27-23)17-4-7-20(8-5-17)28-24(29)18-15-25(16-18)11-2-1-3-12-25/h4-10,13-14,18H,1-3,11-12,15-16H2,(H,28,29). The highest BCUT2D eigenvalue weighted by Crippen LogP contribution is 2.54. The summed E-state index contributed by atoms with van der Waals surface area (Å²) in [5.74, 6) is 0.0251. The Bertz CT molecular complexity index is 1050.